The van der Waals surface area contributed by atoms with Crippen molar-refractivity contribution in [1.82, 2.24) is 5.32 Å². The van der Waals surface area contributed by atoms with Gasteiger partial charge in [-0.05, 0) is 33.3 Å². The molecule has 0 saturated carbocycles. The van der Waals surface area contributed by atoms with E-state index in [2.05, 4.69) is 5.32 Å². The molecule has 1 aromatic rings. The van der Waals surface area contributed by atoms with Crippen molar-refractivity contribution >= 4 is 17.8 Å². The Hall–Kier alpha value is -2.37. The Balaban J connectivity index is 3.00. The number of ketones is 1. The van der Waals surface area contributed by atoms with Gasteiger partial charge in [0.05, 0.1) is 5.54 Å². The molecule has 0 aromatic heterocycles. The summed E-state index contributed by atoms with van der Waals surface area (Å²) in [5, 5.41) is 11.4. The normalized spacial score (nSPS) is 13.7. The molecule has 2 N–H and O–H groups in total. The van der Waals surface area contributed by atoms with Gasteiger partial charge in [-0.15, -0.1) is 0 Å². The molecule has 0 saturated heterocycles. The maximum Gasteiger partial charge on any atom is 0.408 e. The number of ether oxygens (including phenoxy) is 1. The fourth-order valence-corrected chi connectivity index (χ4v) is 2.18. The second-order valence-corrected chi connectivity index (χ2v) is 6.61. The van der Waals surface area contributed by atoms with Gasteiger partial charge in [-0.25, -0.2) is 4.79 Å². The smallest absolute Gasteiger partial charge is 0.408 e. The quantitative estimate of drug-likeness (QED) is 0.786. The Morgan fingerprint density at radius 1 is 1.09 bits per heavy atom. The van der Waals surface area contributed by atoms with Crippen LogP contribution >= 0.6 is 0 Å². The van der Waals surface area contributed by atoms with E-state index in [1.165, 1.54) is 0 Å². The Morgan fingerprint density at radius 2 is 1.65 bits per heavy atom. The summed E-state index contributed by atoms with van der Waals surface area (Å²) in [6.45, 7) is 6.89. The molecule has 1 unspecified atom stereocenters. The van der Waals surface area contributed by atoms with Crippen LogP contribution in [-0.4, -0.2) is 28.6 Å². The van der Waals surface area contributed by atoms with Crippen molar-refractivity contribution < 1.29 is 24.2 Å². The van der Waals surface area contributed by atoms with Crippen LogP contribution in [-0.2, 0) is 19.9 Å². The zero-order valence-corrected chi connectivity index (χ0v) is 13.9. The summed E-state index contributed by atoms with van der Waals surface area (Å²) in [6, 6.07) is 8.92. The van der Waals surface area contributed by atoms with Gasteiger partial charge in [0.25, 0.3) is 0 Å². The van der Waals surface area contributed by atoms with E-state index < -0.39 is 35.4 Å². The van der Waals surface area contributed by atoms with Gasteiger partial charge >= 0.3 is 12.1 Å². The van der Waals surface area contributed by atoms with Crippen molar-refractivity contribution in [1.29, 1.82) is 0 Å². The minimum absolute atomic E-state index is 0.136. The van der Waals surface area contributed by atoms with E-state index in [-0.39, 0.29) is 6.42 Å². The molecule has 0 bridgehead atoms. The second kappa shape index (κ2) is 7.26. The highest BCUT2D eigenvalue weighted by atomic mass is 16.6. The monoisotopic (exact) mass is 321 g/mol. The highest BCUT2D eigenvalue weighted by Gasteiger charge is 2.33. The topological polar surface area (TPSA) is 92.7 Å². The number of carboxylic acid groups (broad SMARTS) is 1. The zero-order chi connectivity index (χ0) is 17.7. The van der Waals surface area contributed by atoms with Gasteiger partial charge < -0.3 is 15.2 Å². The van der Waals surface area contributed by atoms with Crippen LogP contribution in [0.15, 0.2) is 30.3 Å². The van der Waals surface area contributed by atoms with Gasteiger partial charge in [0.1, 0.15) is 17.8 Å². The number of nitrogens with one attached hydrogen (secondary N) is 1. The van der Waals surface area contributed by atoms with Crippen LogP contribution in [0.3, 0.4) is 0 Å². The maximum absolute atomic E-state index is 12.1. The van der Waals surface area contributed by atoms with Gasteiger partial charge in [-0.1, -0.05) is 30.3 Å². The average Bonchev–Trinajstić information content (AvgIpc) is 2.35. The molecule has 0 heterocycles. The lowest BCUT2D eigenvalue weighted by Gasteiger charge is -2.32. The molecule has 0 fully saturated rings. The summed E-state index contributed by atoms with van der Waals surface area (Å²) in [6.07, 6.45) is -1.38. The number of hydrogen-bond acceptors (Lipinski definition) is 4. The number of rotatable bonds is 6. The number of Topliss-reactive ketones (excluding diaryl/α,β-unsaturated/α-hetero) is 1. The van der Waals surface area contributed by atoms with E-state index in [4.69, 9.17) is 9.84 Å². The Labute approximate surface area is 135 Å². The third-order valence-corrected chi connectivity index (χ3v) is 3.09. The molecule has 1 amide bonds. The van der Waals surface area contributed by atoms with Crippen LogP contribution < -0.4 is 5.32 Å². The van der Waals surface area contributed by atoms with Crippen LogP contribution in [0.4, 0.5) is 4.79 Å². The first-order valence-corrected chi connectivity index (χ1v) is 7.32. The Kier molecular flexibility index (Phi) is 5.90. The molecule has 6 nitrogen and oxygen atoms in total. The lowest BCUT2D eigenvalue weighted by molar-refractivity contribution is -0.140. The fourth-order valence-electron chi connectivity index (χ4n) is 2.18. The SMILES string of the molecule is CC(C)(C)OC(=O)NC(C)(CC(=O)CC(=O)O)c1ccccc1. The van der Waals surface area contributed by atoms with Crippen molar-refractivity contribution in [2.45, 2.75) is 51.7 Å². The maximum atomic E-state index is 12.1. The summed E-state index contributed by atoms with van der Waals surface area (Å²) < 4.78 is 5.24. The largest absolute Gasteiger partial charge is 0.481 e. The molecular formula is C17H23NO5. The zero-order valence-electron chi connectivity index (χ0n) is 13.9. The molecule has 126 valence electrons. The third-order valence-electron chi connectivity index (χ3n) is 3.09. The van der Waals surface area contributed by atoms with Gasteiger partial charge in [0, 0.05) is 6.42 Å². The fraction of sp³-hybridized carbons (Fsp3) is 0.471. The van der Waals surface area contributed by atoms with Crippen LogP contribution in [0.5, 0.6) is 0 Å². The van der Waals surface area contributed by atoms with E-state index in [0.717, 1.165) is 0 Å². The highest BCUT2D eigenvalue weighted by molar-refractivity contribution is 5.95. The number of benzene rings is 1. The van der Waals surface area contributed by atoms with Crippen LogP contribution in [0, 0.1) is 0 Å². The second-order valence-electron chi connectivity index (χ2n) is 6.61. The number of aliphatic carboxylic acids is 1. The third kappa shape index (κ3) is 6.50. The first-order valence-electron chi connectivity index (χ1n) is 7.32. The summed E-state index contributed by atoms with van der Waals surface area (Å²) in [5.41, 5.74) is -1.02. The van der Waals surface area contributed by atoms with E-state index in [1.807, 2.05) is 6.07 Å². The number of carbonyl (C=O) groups excluding carboxylic acids is 2. The number of hydrogen-bond donors (Lipinski definition) is 2. The number of amides is 1. The predicted molar refractivity (Wildman–Crippen MR) is 85.0 cm³/mol. The van der Waals surface area contributed by atoms with E-state index >= 15 is 0 Å². The summed E-state index contributed by atoms with van der Waals surface area (Å²) >= 11 is 0. The molecule has 0 aliphatic rings. The molecule has 0 aliphatic heterocycles. The molecule has 0 aliphatic carbocycles. The average molecular weight is 321 g/mol. The summed E-state index contributed by atoms with van der Waals surface area (Å²) in [4.78, 5) is 34.7. The molecule has 1 rings (SSSR count). The van der Waals surface area contributed by atoms with Crippen LogP contribution in [0.1, 0.15) is 46.1 Å². The van der Waals surface area contributed by atoms with Gasteiger partial charge in [0.2, 0.25) is 0 Å². The first kappa shape index (κ1) is 18.7. The molecule has 0 spiro atoms. The van der Waals surface area contributed by atoms with Crippen LogP contribution in [0.25, 0.3) is 0 Å². The number of carboxylic acids is 1. The number of alkyl carbamates (subject to hydrolysis) is 1. The first-order chi connectivity index (χ1) is 10.5. The molecule has 1 aromatic carbocycles. The summed E-state index contributed by atoms with van der Waals surface area (Å²) in [7, 11) is 0. The van der Waals surface area contributed by atoms with Crippen molar-refractivity contribution in [3.63, 3.8) is 0 Å². The number of carbonyl (C=O) groups is 3. The van der Waals surface area contributed by atoms with Gasteiger partial charge in [-0.3, -0.25) is 9.59 Å². The predicted octanol–water partition coefficient (Wildman–Crippen LogP) is 2.86. The van der Waals surface area contributed by atoms with Crippen molar-refractivity contribution in [3.8, 4) is 0 Å². The van der Waals surface area contributed by atoms with Crippen molar-refractivity contribution in [2.75, 3.05) is 0 Å². The lowest BCUT2D eigenvalue weighted by Crippen LogP contribution is -2.47. The van der Waals surface area contributed by atoms with Gasteiger partial charge in [0.15, 0.2) is 0 Å². The Bertz CT molecular complexity index is 576. The molecular weight excluding hydrogens is 298 g/mol. The molecule has 1 atom stereocenters. The van der Waals surface area contributed by atoms with E-state index in [1.54, 1.807) is 52.0 Å². The van der Waals surface area contributed by atoms with Crippen molar-refractivity contribution in [2.24, 2.45) is 0 Å². The van der Waals surface area contributed by atoms with E-state index in [0.29, 0.717) is 5.56 Å². The van der Waals surface area contributed by atoms with Crippen molar-refractivity contribution in [3.05, 3.63) is 35.9 Å². The highest BCUT2D eigenvalue weighted by Crippen LogP contribution is 2.26. The van der Waals surface area contributed by atoms with Crippen LogP contribution in [0.2, 0.25) is 0 Å². The standard InChI is InChI=1S/C17H23NO5/c1-16(2,3)23-15(22)18-17(4,11-13(19)10-14(20)21)12-8-6-5-7-9-12/h5-9H,10-11H2,1-4H3,(H,18,22)(H,20,21). The minimum Gasteiger partial charge on any atom is -0.481 e. The molecule has 0 radical (unpaired) electrons. The molecule has 23 heavy (non-hydrogen) atoms. The summed E-state index contributed by atoms with van der Waals surface area (Å²) in [5.74, 6) is -1.66. The van der Waals surface area contributed by atoms with Gasteiger partial charge in [-0.2, -0.15) is 0 Å². The lowest BCUT2D eigenvalue weighted by atomic mass is 9.86. The molecule has 6 heteroatoms. The Morgan fingerprint density at radius 3 is 2.13 bits per heavy atom. The minimum atomic E-state index is -1.19. The van der Waals surface area contributed by atoms with E-state index in [9.17, 15) is 14.4 Å².